The monoisotopic (exact) mass is 153 g/mol. The van der Waals surface area contributed by atoms with Gasteiger partial charge < -0.3 is 11.1 Å². The van der Waals surface area contributed by atoms with Gasteiger partial charge in [0.15, 0.2) is 0 Å². The van der Waals surface area contributed by atoms with Gasteiger partial charge in [0.25, 0.3) is 0 Å². The van der Waals surface area contributed by atoms with E-state index >= 15 is 0 Å². The van der Waals surface area contributed by atoms with Crippen LogP contribution < -0.4 is 11.1 Å². The van der Waals surface area contributed by atoms with Crippen LogP contribution in [-0.2, 0) is 6.54 Å². The van der Waals surface area contributed by atoms with Crippen molar-refractivity contribution < 1.29 is 0 Å². The van der Waals surface area contributed by atoms with Crippen molar-refractivity contribution in [2.75, 3.05) is 13.1 Å². The Balaban J connectivity index is 2.11. The SMILES string of the molecule is NCc1cn(C2CNC2)nn1. The standard InChI is InChI=1S/C6H11N5/c7-1-5-4-11(10-9-5)6-2-8-3-6/h4,6,8H,1-3,7H2. The summed E-state index contributed by atoms with van der Waals surface area (Å²) in [5.74, 6) is 0. The van der Waals surface area contributed by atoms with Crippen LogP contribution >= 0.6 is 0 Å². The summed E-state index contributed by atoms with van der Waals surface area (Å²) < 4.78 is 1.87. The zero-order valence-corrected chi connectivity index (χ0v) is 6.20. The van der Waals surface area contributed by atoms with E-state index in [1.165, 1.54) is 0 Å². The number of nitrogens with zero attached hydrogens (tertiary/aromatic N) is 3. The maximum atomic E-state index is 5.39. The number of hydrogen-bond acceptors (Lipinski definition) is 4. The van der Waals surface area contributed by atoms with Gasteiger partial charge in [-0.1, -0.05) is 5.21 Å². The van der Waals surface area contributed by atoms with Crippen molar-refractivity contribution >= 4 is 0 Å². The van der Waals surface area contributed by atoms with Gasteiger partial charge in [0.2, 0.25) is 0 Å². The summed E-state index contributed by atoms with van der Waals surface area (Å²) in [5, 5.41) is 11.0. The molecule has 0 aliphatic carbocycles. The van der Waals surface area contributed by atoms with Crippen molar-refractivity contribution in [2.45, 2.75) is 12.6 Å². The number of rotatable bonds is 2. The first-order valence-electron chi connectivity index (χ1n) is 3.71. The predicted octanol–water partition coefficient (Wildman–Crippen LogP) is -1.12. The van der Waals surface area contributed by atoms with Gasteiger partial charge in [-0.25, -0.2) is 4.68 Å². The van der Waals surface area contributed by atoms with E-state index in [1.807, 2.05) is 10.9 Å². The Bertz CT molecular complexity index is 239. The number of nitrogens with one attached hydrogen (secondary N) is 1. The lowest BCUT2D eigenvalue weighted by Gasteiger charge is -2.26. The molecule has 1 aromatic rings. The van der Waals surface area contributed by atoms with Crippen LogP contribution in [0.3, 0.4) is 0 Å². The maximum absolute atomic E-state index is 5.39. The first-order valence-corrected chi connectivity index (χ1v) is 3.71. The molecule has 60 valence electrons. The second-order valence-corrected chi connectivity index (χ2v) is 2.71. The molecule has 11 heavy (non-hydrogen) atoms. The van der Waals surface area contributed by atoms with Gasteiger partial charge in [-0.05, 0) is 0 Å². The third-order valence-electron chi connectivity index (χ3n) is 1.90. The molecule has 0 saturated carbocycles. The second kappa shape index (κ2) is 2.60. The highest BCUT2D eigenvalue weighted by Crippen LogP contribution is 2.09. The van der Waals surface area contributed by atoms with Crippen LogP contribution in [0.15, 0.2) is 6.20 Å². The summed E-state index contributed by atoms with van der Waals surface area (Å²) in [4.78, 5) is 0. The molecular weight excluding hydrogens is 142 g/mol. The highest BCUT2D eigenvalue weighted by molar-refractivity contribution is 4.94. The van der Waals surface area contributed by atoms with Gasteiger partial charge in [-0.15, -0.1) is 5.10 Å². The zero-order chi connectivity index (χ0) is 7.68. The first-order chi connectivity index (χ1) is 5.40. The molecule has 0 amide bonds. The van der Waals surface area contributed by atoms with Crippen LogP contribution in [0.2, 0.25) is 0 Å². The van der Waals surface area contributed by atoms with E-state index in [4.69, 9.17) is 5.73 Å². The van der Waals surface area contributed by atoms with Gasteiger partial charge in [0.1, 0.15) is 0 Å². The highest BCUT2D eigenvalue weighted by Gasteiger charge is 2.19. The largest absolute Gasteiger partial charge is 0.325 e. The molecule has 3 N–H and O–H groups in total. The quantitative estimate of drug-likeness (QED) is 0.564. The van der Waals surface area contributed by atoms with Gasteiger partial charge in [0.05, 0.1) is 17.9 Å². The molecule has 5 nitrogen and oxygen atoms in total. The lowest BCUT2D eigenvalue weighted by atomic mass is 10.2. The average Bonchev–Trinajstić information content (AvgIpc) is 2.32. The summed E-state index contributed by atoms with van der Waals surface area (Å²) >= 11 is 0. The molecule has 2 rings (SSSR count). The molecule has 1 aliphatic rings. The fourth-order valence-electron chi connectivity index (χ4n) is 1.05. The van der Waals surface area contributed by atoms with Crippen LogP contribution in [0.25, 0.3) is 0 Å². The molecule has 1 saturated heterocycles. The molecule has 5 heteroatoms. The fourth-order valence-corrected chi connectivity index (χ4v) is 1.05. The van der Waals surface area contributed by atoms with Crippen molar-refractivity contribution in [1.29, 1.82) is 0 Å². The molecule has 0 aromatic carbocycles. The van der Waals surface area contributed by atoms with Crippen molar-refractivity contribution in [2.24, 2.45) is 5.73 Å². The summed E-state index contributed by atoms with van der Waals surface area (Å²) in [5.41, 5.74) is 6.25. The van der Waals surface area contributed by atoms with Crippen LogP contribution in [0.5, 0.6) is 0 Å². The first kappa shape index (κ1) is 6.75. The van der Waals surface area contributed by atoms with E-state index in [9.17, 15) is 0 Å². The van der Waals surface area contributed by atoms with Gasteiger partial charge in [-0.3, -0.25) is 0 Å². The summed E-state index contributed by atoms with van der Waals surface area (Å²) in [6, 6.07) is 0.489. The summed E-state index contributed by atoms with van der Waals surface area (Å²) in [6.45, 7) is 2.46. The predicted molar refractivity (Wildman–Crippen MR) is 39.8 cm³/mol. The number of hydrogen-bond donors (Lipinski definition) is 2. The Kier molecular flexibility index (Phi) is 1.59. The third kappa shape index (κ3) is 1.12. The molecule has 1 aromatic heterocycles. The normalized spacial score (nSPS) is 18.3. The van der Waals surface area contributed by atoms with Crippen molar-refractivity contribution in [1.82, 2.24) is 20.3 Å². The van der Waals surface area contributed by atoms with Crippen molar-refractivity contribution in [3.05, 3.63) is 11.9 Å². The molecule has 0 atom stereocenters. The van der Waals surface area contributed by atoms with Crippen LogP contribution in [0.4, 0.5) is 0 Å². The smallest absolute Gasteiger partial charge is 0.0962 e. The summed E-state index contributed by atoms with van der Waals surface area (Å²) in [6.07, 6.45) is 1.91. The minimum atomic E-state index is 0.472. The molecular formula is C6H11N5. The lowest BCUT2D eigenvalue weighted by molar-refractivity contribution is 0.313. The van der Waals surface area contributed by atoms with E-state index in [0.29, 0.717) is 12.6 Å². The topological polar surface area (TPSA) is 68.8 Å². The Labute approximate surface area is 64.6 Å². The fraction of sp³-hybridized carbons (Fsp3) is 0.667. The highest BCUT2D eigenvalue weighted by atomic mass is 15.4. The van der Waals surface area contributed by atoms with Gasteiger partial charge in [0, 0.05) is 19.6 Å². The molecule has 1 fully saturated rings. The number of nitrogens with two attached hydrogens (primary N) is 1. The van der Waals surface area contributed by atoms with E-state index < -0.39 is 0 Å². The molecule has 0 radical (unpaired) electrons. The molecule has 2 heterocycles. The Hall–Kier alpha value is -0.940. The third-order valence-corrected chi connectivity index (χ3v) is 1.90. The Morgan fingerprint density at radius 2 is 2.55 bits per heavy atom. The van der Waals surface area contributed by atoms with Crippen LogP contribution in [0.1, 0.15) is 11.7 Å². The van der Waals surface area contributed by atoms with Gasteiger partial charge in [-0.2, -0.15) is 0 Å². The minimum absolute atomic E-state index is 0.472. The summed E-state index contributed by atoms with van der Waals surface area (Å²) in [7, 11) is 0. The molecule has 0 spiro atoms. The van der Waals surface area contributed by atoms with Crippen molar-refractivity contribution in [3.63, 3.8) is 0 Å². The number of aromatic nitrogens is 3. The lowest BCUT2D eigenvalue weighted by Crippen LogP contribution is -2.43. The second-order valence-electron chi connectivity index (χ2n) is 2.71. The van der Waals surface area contributed by atoms with Crippen LogP contribution in [0, 0.1) is 0 Å². The maximum Gasteiger partial charge on any atom is 0.0962 e. The van der Waals surface area contributed by atoms with Crippen molar-refractivity contribution in [3.8, 4) is 0 Å². The Morgan fingerprint density at radius 3 is 3.00 bits per heavy atom. The minimum Gasteiger partial charge on any atom is -0.325 e. The van der Waals surface area contributed by atoms with E-state index in [2.05, 4.69) is 15.6 Å². The zero-order valence-electron chi connectivity index (χ0n) is 6.20. The Morgan fingerprint density at radius 1 is 1.73 bits per heavy atom. The molecule has 1 aliphatic heterocycles. The molecule has 0 unspecified atom stereocenters. The molecule has 0 bridgehead atoms. The van der Waals surface area contributed by atoms with E-state index in [1.54, 1.807) is 0 Å². The average molecular weight is 153 g/mol. The van der Waals surface area contributed by atoms with Gasteiger partial charge >= 0.3 is 0 Å². The van der Waals surface area contributed by atoms with E-state index in [-0.39, 0.29) is 0 Å². The van der Waals surface area contributed by atoms with Crippen LogP contribution in [-0.4, -0.2) is 28.1 Å². The van der Waals surface area contributed by atoms with E-state index in [0.717, 1.165) is 18.8 Å².